The molecule has 1 nitrogen and oxygen atoms in total. The highest BCUT2D eigenvalue weighted by atomic mass is 19.4. The van der Waals surface area contributed by atoms with Crippen LogP contribution in [0.4, 0.5) is 26.3 Å². The van der Waals surface area contributed by atoms with Crippen molar-refractivity contribution in [3.63, 3.8) is 0 Å². The minimum Gasteiger partial charge on any atom is -0.374 e. The first-order valence-electron chi connectivity index (χ1n) is 2.71. The molecule has 12 heavy (non-hydrogen) atoms. The smallest absolute Gasteiger partial charge is 0.374 e. The van der Waals surface area contributed by atoms with Crippen molar-refractivity contribution in [3.05, 3.63) is 6.92 Å². The zero-order valence-corrected chi connectivity index (χ0v) is 5.63. The molecule has 0 unspecified atom stereocenters. The van der Waals surface area contributed by atoms with Crippen LogP contribution in [0.2, 0.25) is 0 Å². The maximum Gasteiger partial charge on any atom is 0.426 e. The van der Waals surface area contributed by atoms with Gasteiger partial charge >= 0.3 is 12.4 Å². The Labute approximate surface area is 64.0 Å². The number of rotatable bonds is 1. The zero-order chi connectivity index (χ0) is 10.2. The molecule has 0 aromatic heterocycles. The summed E-state index contributed by atoms with van der Waals surface area (Å²) in [5.74, 6) is 0. The third-order valence-corrected chi connectivity index (χ3v) is 1.30. The van der Waals surface area contributed by atoms with Gasteiger partial charge in [-0.2, -0.15) is 26.3 Å². The second-order valence-electron chi connectivity index (χ2n) is 2.11. The summed E-state index contributed by atoms with van der Waals surface area (Å²) in [4.78, 5) is 0. The van der Waals surface area contributed by atoms with Crippen LogP contribution < -0.4 is 0 Å². The van der Waals surface area contributed by atoms with Gasteiger partial charge in [-0.3, -0.25) is 0 Å². The molecule has 0 aliphatic carbocycles. The molecule has 0 aromatic rings. The number of hydrogen-bond donors (Lipinski definition) is 1. The van der Waals surface area contributed by atoms with E-state index in [0.29, 0.717) is 0 Å². The Balaban J connectivity index is 4.95. The Morgan fingerprint density at radius 2 is 1.17 bits per heavy atom. The molecule has 73 valence electrons. The first-order chi connectivity index (χ1) is 5.06. The fraction of sp³-hybridized carbons (Fsp3) is 0.800. The molecular formula is C5H5F6O. The van der Waals surface area contributed by atoms with Crippen molar-refractivity contribution in [2.24, 2.45) is 0 Å². The first-order valence-corrected chi connectivity index (χ1v) is 2.71. The molecule has 0 fully saturated rings. The Kier molecular flexibility index (Phi) is 2.68. The normalized spacial score (nSPS) is 15.0. The van der Waals surface area contributed by atoms with Crippen LogP contribution >= 0.6 is 0 Å². The second-order valence-corrected chi connectivity index (χ2v) is 2.11. The van der Waals surface area contributed by atoms with E-state index in [-0.39, 0.29) is 0 Å². The minimum absolute atomic E-state index is 1.69. The fourth-order valence-corrected chi connectivity index (χ4v) is 0.444. The average Bonchev–Trinajstić information content (AvgIpc) is 1.81. The van der Waals surface area contributed by atoms with Gasteiger partial charge in [0.05, 0.1) is 0 Å². The highest BCUT2D eigenvalue weighted by Gasteiger charge is 2.69. The maximum absolute atomic E-state index is 11.6. The molecule has 0 saturated carbocycles. The number of alkyl halides is 6. The topological polar surface area (TPSA) is 20.2 Å². The lowest BCUT2D eigenvalue weighted by Gasteiger charge is -2.30. The predicted molar refractivity (Wildman–Crippen MR) is 27.0 cm³/mol. The van der Waals surface area contributed by atoms with E-state index in [0.717, 1.165) is 0 Å². The molecule has 0 spiro atoms. The van der Waals surface area contributed by atoms with Gasteiger partial charge in [-0.05, 0) is 13.3 Å². The molecule has 0 saturated heterocycles. The third-order valence-electron chi connectivity index (χ3n) is 1.30. The van der Waals surface area contributed by atoms with Gasteiger partial charge in [0, 0.05) is 0 Å². The SMILES string of the molecule is [CH2]CC(O)(C(F)(F)F)C(F)(F)F. The third kappa shape index (κ3) is 1.65. The fourth-order valence-electron chi connectivity index (χ4n) is 0.444. The minimum atomic E-state index is -5.74. The van der Waals surface area contributed by atoms with Crippen molar-refractivity contribution in [3.8, 4) is 0 Å². The Bertz CT molecular complexity index is 142. The summed E-state index contributed by atoms with van der Waals surface area (Å²) in [6.45, 7) is 2.40. The van der Waals surface area contributed by atoms with Crippen LogP contribution in [0.15, 0.2) is 0 Å². The van der Waals surface area contributed by atoms with E-state index in [1.54, 1.807) is 0 Å². The summed E-state index contributed by atoms with van der Waals surface area (Å²) in [6, 6.07) is 0. The zero-order valence-electron chi connectivity index (χ0n) is 5.63. The van der Waals surface area contributed by atoms with Crippen molar-refractivity contribution < 1.29 is 31.4 Å². The van der Waals surface area contributed by atoms with Crippen LogP contribution in [0.5, 0.6) is 0 Å². The predicted octanol–water partition coefficient (Wildman–Crippen LogP) is 2.07. The molecule has 0 aliphatic heterocycles. The van der Waals surface area contributed by atoms with Crippen molar-refractivity contribution in [1.29, 1.82) is 0 Å². The highest BCUT2D eigenvalue weighted by molar-refractivity contribution is 4.94. The van der Waals surface area contributed by atoms with Crippen molar-refractivity contribution >= 4 is 0 Å². The van der Waals surface area contributed by atoms with E-state index in [4.69, 9.17) is 5.11 Å². The van der Waals surface area contributed by atoms with E-state index >= 15 is 0 Å². The van der Waals surface area contributed by atoms with Crippen LogP contribution in [-0.4, -0.2) is 23.1 Å². The first kappa shape index (κ1) is 11.5. The van der Waals surface area contributed by atoms with E-state index in [1.165, 1.54) is 0 Å². The van der Waals surface area contributed by atoms with Gasteiger partial charge in [0.15, 0.2) is 0 Å². The van der Waals surface area contributed by atoms with Gasteiger partial charge in [-0.25, -0.2) is 0 Å². The van der Waals surface area contributed by atoms with Crippen LogP contribution in [0.3, 0.4) is 0 Å². The molecule has 7 heteroatoms. The molecule has 0 rings (SSSR count). The standard InChI is InChI=1S/C5H5F6O/c1-2-3(12,4(6,7)8)5(9,10)11/h12H,1-2H2. The second kappa shape index (κ2) is 2.79. The highest BCUT2D eigenvalue weighted by Crippen LogP contribution is 2.44. The Morgan fingerprint density at radius 3 is 1.17 bits per heavy atom. The Morgan fingerprint density at radius 1 is 0.917 bits per heavy atom. The summed E-state index contributed by atoms with van der Waals surface area (Å²) >= 11 is 0. The Hall–Kier alpha value is -0.460. The lowest BCUT2D eigenvalue weighted by atomic mass is 10.00. The van der Waals surface area contributed by atoms with Crippen LogP contribution in [0, 0.1) is 6.92 Å². The van der Waals surface area contributed by atoms with Gasteiger partial charge in [-0.1, -0.05) is 0 Å². The van der Waals surface area contributed by atoms with Gasteiger partial charge in [-0.15, -0.1) is 0 Å². The lowest BCUT2D eigenvalue weighted by molar-refractivity contribution is -0.366. The van der Waals surface area contributed by atoms with E-state index < -0.39 is 24.4 Å². The van der Waals surface area contributed by atoms with Crippen LogP contribution in [0.1, 0.15) is 6.42 Å². The number of aliphatic hydroxyl groups is 1. The van der Waals surface area contributed by atoms with Gasteiger partial charge in [0.25, 0.3) is 5.60 Å². The number of hydrogen-bond acceptors (Lipinski definition) is 1. The molecular weight excluding hydrogens is 190 g/mol. The summed E-state index contributed by atoms with van der Waals surface area (Å²) in [6.07, 6.45) is -13.2. The van der Waals surface area contributed by atoms with Crippen molar-refractivity contribution in [2.75, 3.05) is 0 Å². The lowest BCUT2D eigenvalue weighted by Crippen LogP contribution is -2.56. The molecule has 0 aliphatic rings. The summed E-state index contributed by atoms with van der Waals surface area (Å²) in [7, 11) is 0. The van der Waals surface area contributed by atoms with Gasteiger partial charge in [0.2, 0.25) is 0 Å². The van der Waals surface area contributed by atoms with Crippen LogP contribution in [-0.2, 0) is 0 Å². The van der Waals surface area contributed by atoms with Gasteiger partial charge < -0.3 is 5.11 Å². The van der Waals surface area contributed by atoms with E-state index in [2.05, 4.69) is 6.92 Å². The number of halogens is 6. The largest absolute Gasteiger partial charge is 0.426 e. The van der Waals surface area contributed by atoms with Gasteiger partial charge in [0.1, 0.15) is 0 Å². The summed E-state index contributed by atoms with van der Waals surface area (Å²) < 4.78 is 69.5. The molecule has 0 amide bonds. The van der Waals surface area contributed by atoms with Crippen molar-refractivity contribution in [2.45, 2.75) is 24.4 Å². The molecule has 0 bridgehead atoms. The van der Waals surface area contributed by atoms with Crippen LogP contribution in [0.25, 0.3) is 0 Å². The summed E-state index contributed by atoms with van der Waals surface area (Å²) in [5, 5.41) is 8.18. The average molecular weight is 195 g/mol. The monoisotopic (exact) mass is 195 g/mol. The molecule has 0 heterocycles. The van der Waals surface area contributed by atoms with Crippen molar-refractivity contribution in [1.82, 2.24) is 0 Å². The van der Waals surface area contributed by atoms with E-state index in [9.17, 15) is 26.3 Å². The van der Waals surface area contributed by atoms with E-state index in [1.807, 2.05) is 0 Å². The molecule has 1 N–H and O–H groups in total. The quantitative estimate of drug-likeness (QED) is 0.635. The maximum atomic E-state index is 11.6. The molecule has 0 aromatic carbocycles. The molecule has 1 radical (unpaired) electrons. The molecule has 0 atom stereocenters. The summed E-state index contributed by atoms with van der Waals surface area (Å²) in [5.41, 5.74) is -4.69.